The van der Waals surface area contributed by atoms with Crippen molar-refractivity contribution in [2.45, 2.75) is 18.8 Å². The summed E-state index contributed by atoms with van der Waals surface area (Å²) in [5.74, 6) is -0.693. The first-order chi connectivity index (χ1) is 10.8. The van der Waals surface area contributed by atoms with Crippen molar-refractivity contribution < 1.29 is 27.0 Å². The number of carbonyl (C=O) groups is 1. The van der Waals surface area contributed by atoms with Gasteiger partial charge in [-0.2, -0.15) is 35.9 Å². The maximum absolute atomic E-state index is 10.9. The van der Waals surface area contributed by atoms with Crippen LogP contribution < -0.4 is 0 Å². The number of hydrogen-bond acceptors (Lipinski definition) is 1. The average Bonchev–Trinajstić information content (AvgIpc) is 3.23. The van der Waals surface area contributed by atoms with E-state index >= 15 is 0 Å². The fourth-order valence-corrected chi connectivity index (χ4v) is 2.40. The third kappa shape index (κ3) is 7.14. The summed E-state index contributed by atoms with van der Waals surface area (Å²) in [6.07, 6.45) is 0.957. The molecule has 1 unspecified atom stereocenters. The first-order valence-electron chi connectivity index (χ1n) is 7.39. The molecule has 0 aliphatic heterocycles. The maximum Gasteiger partial charge on any atom is 2.00 e. The molecule has 3 rings (SSSR count). The first-order valence-corrected chi connectivity index (χ1v) is 7.39. The van der Waals surface area contributed by atoms with Crippen molar-refractivity contribution in [1.29, 1.82) is 0 Å². The van der Waals surface area contributed by atoms with Crippen LogP contribution in [-0.2, 0) is 28.3 Å². The molecule has 3 aromatic rings. The van der Waals surface area contributed by atoms with Gasteiger partial charge in [0, 0.05) is 0 Å². The molecule has 0 fully saturated rings. The van der Waals surface area contributed by atoms with Crippen LogP contribution in [0.25, 0.3) is 0 Å². The van der Waals surface area contributed by atoms with Crippen molar-refractivity contribution in [2.75, 3.05) is 0 Å². The summed E-state index contributed by atoms with van der Waals surface area (Å²) in [6, 6.07) is 27.9. The van der Waals surface area contributed by atoms with Crippen LogP contribution in [0.5, 0.6) is 0 Å². The van der Waals surface area contributed by atoms with E-state index in [2.05, 4.69) is 0 Å². The van der Waals surface area contributed by atoms with E-state index in [0.29, 0.717) is 0 Å². The van der Waals surface area contributed by atoms with Gasteiger partial charge in [0.1, 0.15) is 0 Å². The molecule has 0 aliphatic rings. The predicted molar refractivity (Wildman–Crippen MR) is 89.2 cm³/mol. The second-order valence-corrected chi connectivity index (χ2v) is 5.16. The van der Waals surface area contributed by atoms with Crippen molar-refractivity contribution >= 4 is 5.97 Å². The Bertz CT molecular complexity index is 610. The van der Waals surface area contributed by atoms with Crippen LogP contribution in [0.15, 0.2) is 84.9 Å². The number of benzene rings is 1. The average molecular weight is 348 g/mol. The SMILES string of the molecule is O=C(O)CC(C[c-]1cccc1)c1ccccc1.[Fe+2].c1cc[cH-]c1. The minimum atomic E-state index is -0.745. The molecule has 1 N–H and O–H groups in total. The monoisotopic (exact) mass is 348 g/mol. The number of carboxylic acids is 1. The van der Waals surface area contributed by atoms with Gasteiger partial charge in [-0.3, -0.25) is 4.79 Å². The standard InChI is InChI=1S/C15H15O2.C5H5.Fe/c16-15(17)11-14(10-12-6-4-5-7-12)13-8-2-1-3-9-13;1-2-4-5-3-1;/h1-9,14H,10-11H2,(H,16,17);1-5H;/q2*-1;+2. The molecule has 0 bridgehead atoms. The fourth-order valence-electron chi connectivity index (χ4n) is 2.40. The first kappa shape index (κ1) is 19.0. The summed E-state index contributed by atoms with van der Waals surface area (Å²) in [7, 11) is 0. The molecular weight excluding hydrogens is 328 g/mol. The van der Waals surface area contributed by atoms with Crippen molar-refractivity contribution in [2.24, 2.45) is 0 Å². The van der Waals surface area contributed by atoms with E-state index in [0.717, 1.165) is 12.0 Å². The van der Waals surface area contributed by atoms with E-state index in [1.807, 2.05) is 84.9 Å². The summed E-state index contributed by atoms with van der Waals surface area (Å²) in [5.41, 5.74) is 2.29. The Morgan fingerprint density at radius 1 is 1.00 bits per heavy atom. The molecule has 120 valence electrons. The number of rotatable bonds is 5. The molecule has 2 nitrogen and oxygen atoms in total. The Labute approximate surface area is 148 Å². The topological polar surface area (TPSA) is 37.3 Å². The normalized spacial score (nSPS) is 10.8. The molecule has 0 spiro atoms. The second-order valence-electron chi connectivity index (χ2n) is 5.16. The Kier molecular flexibility index (Phi) is 8.74. The van der Waals surface area contributed by atoms with Gasteiger partial charge in [-0.25, -0.2) is 24.3 Å². The van der Waals surface area contributed by atoms with E-state index < -0.39 is 5.97 Å². The maximum atomic E-state index is 10.9. The number of aliphatic carboxylic acids is 1. The molecule has 0 aliphatic carbocycles. The molecular formula is C20H20FeO2. The summed E-state index contributed by atoms with van der Waals surface area (Å²) < 4.78 is 0. The smallest absolute Gasteiger partial charge is 0.481 e. The third-order valence-electron chi connectivity index (χ3n) is 3.46. The third-order valence-corrected chi connectivity index (χ3v) is 3.46. The molecule has 1 atom stereocenters. The minimum Gasteiger partial charge on any atom is -0.481 e. The van der Waals surface area contributed by atoms with E-state index in [4.69, 9.17) is 5.11 Å². The van der Waals surface area contributed by atoms with Gasteiger partial charge in [0.15, 0.2) is 0 Å². The molecule has 3 aromatic carbocycles. The largest absolute Gasteiger partial charge is 2.00 e. The predicted octanol–water partition coefficient (Wildman–Crippen LogP) is 4.61. The minimum absolute atomic E-state index is 0. The van der Waals surface area contributed by atoms with Crippen molar-refractivity contribution in [3.8, 4) is 0 Å². The Morgan fingerprint density at radius 2 is 1.61 bits per heavy atom. The van der Waals surface area contributed by atoms with Crippen LogP contribution in [0.2, 0.25) is 0 Å². The quantitative estimate of drug-likeness (QED) is 0.540. The zero-order chi connectivity index (χ0) is 15.6. The van der Waals surface area contributed by atoms with Gasteiger partial charge in [-0.05, 0) is 11.5 Å². The fraction of sp³-hybridized carbons (Fsp3) is 0.150. The van der Waals surface area contributed by atoms with Crippen molar-refractivity contribution in [1.82, 2.24) is 0 Å². The van der Waals surface area contributed by atoms with E-state index in [1.165, 1.54) is 5.56 Å². The zero-order valence-electron chi connectivity index (χ0n) is 12.8. The number of carboxylic acid groups (broad SMARTS) is 1. The Hall–Kier alpha value is -2.09. The molecule has 3 heteroatoms. The molecule has 0 radical (unpaired) electrons. The van der Waals surface area contributed by atoms with Gasteiger partial charge in [0.25, 0.3) is 0 Å². The van der Waals surface area contributed by atoms with Gasteiger partial charge in [0.05, 0.1) is 6.42 Å². The van der Waals surface area contributed by atoms with Crippen molar-refractivity contribution in [3.63, 3.8) is 0 Å². The van der Waals surface area contributed by atoms with Gasteiger partial charge >= 0.3 is 23.0 Å². The van der Waals surface area contributed by atoms with Crippen LogP contribution >= 0.6 is 0 Å². The van der Waals surface area contributed by atoms with E-state index in [9.17, 15) is 4.79 Å². The van der Waals surface area contributed by atoms with E-state index in [1.54, 1.807) is 0 Å². The summed E-state index contributed by atoms with van der Waals surface area (Å²) in [4.78, 5) is 10.9. The summed E-state index contributed by atoms with van der Waals surface area (Å²) in [6.45, 7) is 0. The van der Waals surface area contributed by atoms with Crippen LogP contribution in [0.4, 0.5) is 0 Å². The van der Waals surface area contributed by atoms with Gasteiger partial charge in [-0.1, -0.05) is 36.8 Å². The van der Waals surface area contributed by atoms with Crippen LogP contribution in [-0.4, -0.2) is 11.1 Å². The molecule has 0 aromatic heterocycles. The van der Waals surface area contributed by atoms with Crippen molar-refractivity contribution in [3.05, 3.63) is 96.1 Å². The van der Waals surface area contributed by atoms with Gasteiger partial charge in [-0.15, -0.1) is 0 Å². The Morgan fingerprint density at radius 3 is 2.09 bits per heavy atom. The molecule has 0 amide bonds. The van der Waals surface area contributed by atoms with Gasteiger partial charge < -0.3 is 5.11 Å². The van der Waals surface area contributed by atoms with Gasteiger partial charge in [0.2, 0.25) is 0 Å². The van der Waals surface area contributed by atoms with Crippen LogP contribution in [0, 0.1) is 0 Å². The molecule has 0 saturated heterocycles. The molecule has 0 heterocycles. The number of hydrogen-bond donors (Lipinski definition) is 1. The Balaban J connectivity index is 0.000000377. The summed E-state index contributed by atoms with van der Waals surface area (Å²) >= 11 is 0. The van der Waals surface area contributed by atoms with Crippen LogP contribution in [0.3, 0.4) is 0 Å². The summed E-state index contributed by atoms with van der Waals surface area (Å²) in [5, 5.41) is 8.97. The molecule has 23 heavy (non-hydrogen) atoms. The van der Waals surface area contributed by atoms with Crippen LogP contribution in [0.1, 0.15) is 23.5 Å². The second kappa shape index (κ2) is 10.6. The van der Waals surface area contributed by atoms with E-state index in [-0.39, 0.29) is 29.4 Å². The zero-order valence-corrected chi connectivity index (χ0v) is 13.9. The molecule has 0 saturated carbocycles.